The number of para-hydroxylation sites is 1. The Morgan fingerprint density at radius 1 is 1.09 bits per heavy atom. The van der Waals surface area contributed by atoms with Crippen molar-refractivity contribution in [2.45, 2.75) is 24.3 Å². The highest BCUT2D eigenvalue weighted by molar-refractivity contribution is 7.98. The summed E-state index contributed by atoms with van der Waals surface area (Å²) in [6.45, 7) is 5.20. The molecule has 9 heteroatoms. The highest BCUT2D eigenvalue weighted by atomic mass is 32.2. The SMILES string of the molecule is CCc1cccc(-n2c(SCc3csc(-c4ccccc4OC)n3)nnc2N2CCOCC2)c1. The fourth-order valence-electron chi connectivity index (χ4n) is 3.92. The van der Waals surface area contributed by atoms with E-state index in [1.807, 2.05) is 24.3 Å². The van der Waals surface area contributed by atoms with E-state index in [1.165, 1.54) is 5.56 Å². The van der Waals surface area contributed by atoms with Gasteiger partial charge in [0.2, 0.25) is 5.95 Å². The maximum atomic E-state index is 5.55. The van der Waals surface area contributed by atoms with Crippen molar-refractivity contribution in [1.82, 2.24) is 19.7 Å². The van der Waals surface area contributed by atoms with Crippen LogP contribution >= 0.6 is 23.1 Å². The molecule has 0 atom stereocenters. The summed E-state index contributed by atoms with van der Waals surface area (Å²) in [6, 6.07) is 16.6. The Balaban J connectivity index is 1.42. The molecule has 4 aromatic rings. The number of morpholine rings is 1. The van der Waals surface area contributed by atoms with Crippen molar-refractivity contribution in [2.24, 2.45) is 0 Å². The number of benzene rings is 2. The minimum atomic E-state index is 0.703. The van der Waals surface area contributed by atoms with Crippen LogP contribution in [-0.2, 0) is 16.9 Å². The molecule has 2 aromatic carbocycles. The van der Waals surface area contributed by atoms with Crippen LogP contribution in [0.3, 0.4) is 0 Å². The van der Waals surface area contributed by atoms with E-state index in [-0.39, 0.29) is 0 Å². The number of methoxy groups -OCH3 is 1. The predicted octanol–water partition coefficient (Wildman–Crippen LogP) is 5.09. The first-order valence-electron chi connectivity index (χ1n) is 11.3. The van der Waals surface area contributed by atoms with Crippen LogP contribution in [0.2, 0.25) is 0 Å². The molecule has 0 saturated carbocycles. The molecule has 0 radical (unpaired) electrons. The van der Waals surface area contributed by atoms with Gasteiger partial charge in [0.05, 0.1) is 37.3 Å². The number of aromatic nitrogens is 4. The Hall–Kier alpha value is -2.88. The monoisotopic (exact) mass is 493 g/mol. The van der Waals surface area contributed by atoms with E-state index in [2.05, 4.69) is 56.2 Å². The zero-order chi connectivity index (χ0) is 23.3. The van der Waals surface area contributed by atoms with Gasteiger partial charge in [0.25, 0.3) is 0 Å². The lowest BCUT2D eigenvalue weighted by atomic mass is 10.1. The molecule has 0 bridgehead atoms. The van der Waals surface area contributed by atoms with E-state index in [0.29, 0.717) is 19.0 Å². The third-order valence-electron chi connectivity index (χ3n) is 5.73. The van der Waals surface area contributed by atoms with Gasteiger partial charge in [0.15, 0.2) is 5.16 Å². The fourth-order valence-corrected chi connectivity index (χ4v) is 5.72. The predicted molar refractivity (Wildman–Crippen MR) is 137 cm³/mol. The maximum absolute atomic E-state index is 5.55. The highest BCUT2D eigenvalue weighted by Crippen LogP contribution is 2.34. The molecule has 3 heterocycles. The van der Waals surface area contributed by atoms with Crippen molar-refractivity contribution in [1.29, 1.82) is 0 Å². The number of hydrogen-bond donors (Lipinski definition) is 0. The van der Waals surface area contributed by atoms with Gasteiger partial charge < -0.3 is 14.4 Å². The molecule has 34 heavy (non-hydrogen) atoms. The Kier molecular flexibility index (Phi) is 7.13. The second-order valence-electron chi connectivity index (χ2n) is 7.87. The maximum Gasteiger partial charge on any atom is 0.232 e. The van der Waals surface area contributed by atoms with Crippen LogP contribution in [0.5, 0.6) is 5.75 Å². The first kappa shape index (κ1) is 22.9. The van der Waals surface area contributed by atoms with Crippen molar-refractivity contribution >= 4 is 29.0 Å². The van der Waals surface area contributed by atoms with E-state index in [1.54, 1.807) is 30.2 Å². The van der Waals surface area contributed by atoms with Gasteiger partial charge in [-0.05, 0) is 36.2 Å². The lowest BCUT2D eigenvalue weighted by molar-refractivity contribution is 0.122. The van der Waals surface area contributed by atoms with E-state index in [4.69, 9.17) is 14.5 Å². The summed E-state index contributed by atoms with van der Waals surface area (Å²) in [5.41, 5.74) is 4.40. The number of rotatable bonds is 8. The van der Waals surface area contributed by atoms with E-state index < -0.39 is 0 Å². The normalized spacial score (nSPS) is 13.9. The van der Waals surface area contributed by atoms with E-state index in [9.17, 15) is 0 Å². The van der Waals surface area contributed by atoms with E-state index >= 15 is 0 Å². The van der Waals surface area contributed by atoms with Crippen LogP contribution in [-0.4, -0.2) is 53.2 Å². The summed E-state index contributed by atoms with van der Waals surface area (Å²) in [6.07, 6.45) is 0.982. The molecule has 1 saturated heterocycles. The van der Waals surface area contributed by atoms with Crippen molar-refractivity contribution in [3.8, 4) is 22.0 Å². The van der Waals surface area contributed by atoms with E-state index in [0.717, 1.165) is 58.3 Å². The summed E-state index contributed by atoms with van der Waals surface area (Å²) >= 11 is 3.29. The average molecular weight is 494 g/mol. The van der Waals surface area contributed by atoms with Crippen molar-refractivity contribution < 1.29 is 9.47 Å². The van der Waals surface area contributed by atoms with Crippen molar-refractivity contribution in [2.75, 3.05) is 38.3 Å². The molecule has 2 aromatic heterocycles. The van der Waals surface area contributed by atoms with Crippen LogP contribution in [0, 0.1) is 0 Å². The molecule has 0 spiro atoms. The number of nitrogens with zero attached hydrogens (tertiary/aromatic N) is 5. The number of aryl methyl sites for hydroxylation is 1. The molecule has 0 amide bonds. The number of anilines is 1. The highest BCUT2D eigenvalue weighted by Gasteiger charge is 2.22. The lowest BCUT2D eigenvalue weighted by Gasteiger charge is -2.28. The Bertz CT molecular complexity index is 1250. The van der Waals surface area contributed by atoms with Gasteiger partial charge in [-0.1, -0.05) is 43.0 Å². The molecule has 0 aliphatic carbocycles. The molecular formula is C25H27N5O2S2. The number of thiazole rings is 1. The second-order valence-corrected chi connectivity index (χ2v) is 9.67. The van der Waals surface area contributed by atoms with Gasteiger partial charge >= 0.3 is 0 Å². The number of thioether (sulfide) groups is 1. The van der Waals surface area contributed by atoms with Gasteiger partial charge in [-0.15, -0.1) is 21.5 Å². The van der Waals surface area contributed by atoms with Gasteiger partial charge in [-0.25, -0.2) is 4.98 Å². The smallest absolute Gasteiger partial charge is 0.232 e. The van der Waals surface area contributed by atoms with Gasteiger partial charge in [0.1, 0.15) is 10.8 Å². The van der Waals surface area contributed by atoms with Crippen LogP contribution in [0.1, 0.15) is 18.2 Å². The molecule has 1 fully saturated rings. The molecule has 1 aliphatic heterocycles. The van der Waals surface area contributed by atoms with Gasteiger partial charge in [-0.2, -0.15) is 0 Å². The molecule has 0 unspecified atom stereocenters. The Labute approximate surface area is 207 Å². The van der Waals surface area contributed by atoms with Crippen LogP contribution in [0.4, 0.5) is 5.95 Å². The zero-order valence-electron chi connectivity index (χ0n) is 19.3. The standard InChI is InChI=1S/C25H27N5O2S2/c1-3-18-7-6-8-20(15-18)30-24(29-11-13-32-14-12-29)27-28-25(30)34-17-19-16-33-23(26-19)21-9-4-5-10-22(21)31-2/h4-10,15-16H,3,11-14,17H2,1-2H3. The Morgan fingerprint density at radius 2 is 1.94 bits per heavy atom. The lowest BCUT2D eigenvalue weighted by Crippen LogP contribution is -2.37. The number of hydrogen-bond acceptors (Lipinski definition) is 8. The third kappa shape index (κ3) is 4.82. The first-order chi connectivity index (χ1) is 16.8. The summed E-state index contributed by atoms with van der Waals surface area (Å²) in [4.78, 5) is 7.12. The van der Waals surface area contributed by atoms with Crippen LogP contribution in [0.25, 0.3) is 16.3 Å². The second kappa shape index (κ2) is 10.6. The summed E-state index contributed by atoms with van der Waals surface area (Å²) in [7, 11) is 1.69. The van der Waals surface area contributed by atoms with Gasteiger partial charge in [0, 0.05) is 24.2 Å². The summed E-state index contributed by atoms with van der Waals surface area (Å²) in [5.74, 6) is 2.41. The van der Waals surface area contributed by atoms with Crippen LogP contribution < -0.4 is 9.64 Å². The molecule has 176 valence electrons. The minimum Gasteiger partial charge on any atom is -0.496 e. The zero-order valence-corrected chi connectivity index (χ0v) is 20.9. The molecule has 1 aliphatic rings. The number of ether oxygens (including phenoxy) is 2. The summed E-state index contributed by atoms with van der Waals surface area (Å²) < 4.78 is 13.2. The largest absolute Gasteiger partial charge is 0.496 e. The topological polar surface area (TPSA) is 65.3 Å². The first-order valence-corrected chi connectivity index (χ1v) is 13.2. The van der Waals surface area contributed by atoms with Crippen molar-refractivity contribution in [3.63, 3.8) is 0 Å². The molecular weight excluding hydrogens is 466 g/mol. The van der Waals surface area contributed by atoms with Crippen LogP contribution in [0.15, 0.2) is 59.1 Å². The van der Waals surface area contributed by atoms with Crippen molar-refractivity contribution in [3.05, 3.63) is 65.2 Å². The molecule has 5 rings (SSSR count). The third-order valence-corrected chi connectivity index (χ3v) is 7.61. The molecule has 7 nitrogen and oxygen atoms in total. The summed E-state index contributed by atoms with van der Waals surface area (Å²) in [5, 5.41) is 13.1. The quantitative estimate of drug-likeness (QED) is 0.317. The Morgan fingerprint density at radius 3 is 2.76 bits per heavy atom. The minimum absolute atomic E-state index is 0.703. The fraction of sp³-hybridized carbons (Fsp3) is 0.320. The average Bonchev–Trinajstić information content (AvgIpc) is 3.55. The van der Waals surface area contributed by atoms with Gasteiger partial charge in [-0.3, -0.25) is 4.57 Å². The molecule has 0 N–H and O–H groups in total.